The topological polar surface area (TPSA) is 71.1 Å². The first-order valence-corrected chi connectivity index (χ1v) is 6.84. The van der Waals surface area contributed by atoms with E-state index in [0.29, 0.717) is 21.4 Å². The molecule has 1 aliphatic heterocycles. The largest absolute Gasteiger partial charge is 0.325 e. The van der Waals surface area contributed by atoms with Gasteiger partial charge in [-0.2, -0.15) is 0 Å². The molecule has 0 fully saturated rings. The third-order valence-corrected chi connectivity index (χ3v) is 3.57. The fourth-order valence-electron chi connectivity index (χ4n) is 2.06. The van der Waals surface area contributed by atoms with Crippen LogP contribution in [0, 0.1) is 0 Å². The minimum atomic E-state index is -0.420. The lowest BCUT2D eigenvalue weighted by Crippen LogP contribution is -2.14. The van der Waals surface area contributed by atoms with E-state index in [1.54, 1.807) is 18.2 Å². The summed E-state index contributed by atoms with van der Waals surface area (Å²) >= 11 is 11.9. The molecule has 2 N–H and O–H groups in total. The number of anilines is 2. The monoisotopic (exact) mass is 321 g/mol. The maximum absolute atomic E-state index is 12.1. The van der Waals surface area contributed by atoms with E-state index in [-0.39, 0.29) is 18.0 Å². The van der Waals surface area contributed by atoms with Crippen LogP contribution < -0.4 is 10.6 Å². The summed E-state index contributed by atoms with van der Waals surface area (Å²) in [4.78, 5) is 27.4. The van der Waals surface area contributed by atoms with Crippen LogP contribution in [0.5, 0.6) is 0 Å². The normalized spacial score (nSPS) is 12.8. The van der Waals surface area contributed by atoms with Gasteiger partial charge in [0.05, 0.1) is 17.1 Å². The predicted molar refractivity (Wildman–Crippen MR) is 81.0 cm³/mol. The van der Waals surface area contributed by atoms with Crippen LogP contribution in [0.2, 0.25) is 10.0 Å². The molecule has 2 heterocycles. The maximum Gasteiger partial charge on any atom is 0.274 e. The Labute approximate surface area is 130 Å². The molecule has 0 aliphatic carbocycles. The van der Waals surface area contributed by atoms with Crippen LogP contribution in [-0.4, -0.2) is 16.8 Å². The predicted octanol–water partition coefficient (Wildman–Crippen LogP) is 3.14. The molecule has 1 aromatic heterocycles. The number of nitrogens with one attached hydrogen (secondary N) is 2. The first-order valence-electron chi connectivity index (χ1n) is 6.08. The number of carbonyl (C=O) groups excluding carboxylic acids is 2. The summed E-state index contributed by atoms with van der Waals surface area (Å²) in [6.07, 6.45) is 1.72. The van der Waals surface area contributed by atoms with E-state index in [1.807, 2.05) is 0 Å². The maximum atomic E-state index is 12.1. The van der Waals surface area contributed by atoms with E-state index < -0.39 is 5.91 Å². The Balaban J connectivity index is 1.87. The van der Waals surface area contributed by atoms with Crippen LogP contribution in [-0.2, 0) is 11.2 Å². The minimum absolute atomic E-state index is 0.0962. The molecule has 0 radical (unpaired) electrons. The summed E-state index contributed by atoms with van der Waals surface area (Å²) in [7, 11) is 0. The van der Waals surface area contributed by atoms with E-state index in [9.17, 15) is 9.59 Å². The molecule has 1 aliphatic rings. The number of halogens is 2. The highest BCUT2D eigenvalue weighted by Crippen LogP contribution is 2.33. The molecule has 1 aromatic carbocycles. The zero-order valence-electron chi connectivity index (χ0n) is 10.6. The number of fused-ring (bicyclic) bond motifs is 1. The van der Waals surface area contributed by atoms with Gasteiger partial charge in [-0.15, -0.1) is 0 Å². The van der Waals surface area contributed by atoms with Gasteiger partial charge in [-0.25, -0.2) is 0 Å². The second-order valence-corrected chi connectivity index (χ2v) is 5.37. The quantitative estimate of drug-likeness (QED) is 0.892. The fourth-order valence-corrected chi connectivity index (χ4v) is 2.43. The lowest BCUT2D eigenvalue weighted by Gasteiger charge is -2.09. The molecule has 2 aromatic rings. The SMILES string of the molecule is O=C1Cc2cc(NC(=O)c3cc(Cl)ccn3)c(Cl)cc2N1. The van der Waals surface area contributed by atoms with Crippen molar-refractivity contribution in [1.82, 2.24) is 4.98 Å². The van der Waals surface area contributed by atoms with Gasteiger partial charge in [0.1, 0.15) is 5.69 Å². The molecule has 0 atom stereocenters. The van der Waals surface area contributed by atoms with Crippen molar-refractivity contribution >= 4 is 46.4 Å². The number of aromatic nitrogens is 1. The van der Waals surface area contributed by atoms with E-state index in [4.69, 9.17) is 23.2 Å². The van der Waals surface area contributed by atoms with Gasteiger partial charge in [0.25, 0.3) is 5.91 Å². The Morgan fingerprint density at radius 1 is 1.29 bits per heavy atom. The highest BCUT2D eigenvalue weighted by Gasteiger charge is 2.20. The van der Waals surface area contributed by atoms with Crippen molar-refractivity contribution in [1.29, 1.82) is 0 Å². The van der Waals surface area contributed by atoms with E-state index >= 15 is 0 Å². The fraction of sp³-hybridized carbons (Fsp3) is 0.0714. The third-order valence-electron chi connectivity index (χ3n) is 3.02. The molecular formula is C14H9Cl2N3O2. The van der Waals surface area contributed by atoms with Crippen molar-refractivity contribution in [3.05, 3.63) is 51.8 Å². The summed E-state index contributed by atoms with van der Waals surface area (Å²) in [6, 6.07) is 6.34. The van der Waals surface area contributed by atoms with Crippen molar-refractivity contribution in [3.8, 4) is 0 Å². The van der Waals surface area contributed by atoms with Crippen molar-refractivity contribution in [3.63, 3.8) is 0 Å². The zero-order valence-corrected chi connectivity index (χ0v) is 12.1. The van der Waals surface area contributed by atoms with Crippen LogP contribution in [0.1, 0.15) is 16.1 Å². The Morgan fingerprint density at radius 2 is 2.10 bits per heavy atom. The van der Waals surface area contributed by atoms with Crippen molar-refractivity contribution < 1.29 is 9.59 Å². The Kier molecular flexibility index (Phi) is 3.53. The van der Waals surface area contributed by atoms with Crippen LogP contribution in [0.15, 0.2) is 30.5 Å². The van der Waals surface area contributed by atoms with Gasteiger partial charge in [-0.3, -0.25) is 14.6 Å². The number of nitrogens with zero attached hydrogens (tertiary/aromatic N) is 1. The second-order valence-electron chi connectivity index (χ2n) is 4.53. The Morgan fingerprint density at radius 3 is 2.86 bits per heavy atom. The Hall–Kier alpha value is -2.11. The molecule has 3 rings (SSSR count). The van der Waals surface area contributed by atoms with Crippen molar-refractivity contribution in [2.75, 3.05) is 10.6 Å². The van der Waals surface area contributed by atoms with Crippen LogP contribution in [0.4, 0.5) is 11.4 Å². The zero-order chi connectivity index (χ0) is 15.0. The number of amides is 2. The first kappa shape index (κ1) is 13.9. The van der Waals surface area contributed by atoms with Gasteiger partial charge in [0.2, 0.25) is 5.91 Å². The number of hydrogen-bond acceptors (Lipinski definition) is 3. The van der Waals surface area contributed by atoms with Gasteiger partial charge in [-0.1, -0.05) is 23.2 Å². The number of carbonyl (C=O) groups is 2. The number of hydrogen-bond donors (Lipinski definition) is 2. The molecule has 0 bridgehead atoms. The van der Waals surface area contributed by atoms with Crippen molar-refractivity contribution in [2.24, 2.45) is 0 Å². The molecule has 7 heteroatoms. The average molecular weight is 322 g/mol. The molecule has 21 heavy (non-hydrogen) atoms. The third kappa shape index (κ3) is 2.84. The number of rotatable bonds is 2. The van der Waals surface area contributed by atoms with Crippen LogP contribution in [0.3, 0.4) is 0 Å². The molecule has 2 amide bonds. The molecule has 106 valence electrons. The number of benzene rings is 1. The summed E-state index contributed by atoms with van der Waals surface area (Å²) in [5.74, 6) is -0.516. The lowest BCUT2D eigenvalue weighted by molar-refractivity contribution is -0.115. The van der Waals surface area contributed by atoms with E-state index in [1.165, 1.54) is 12.3 Å². The summed E-state index contributed by atoms with van der Waals surface area (Å²) in [5, 5.41) is 6.12. The highest BCUT2D eigenvalue weighted by molar-refractivity contribution is 6.34. The second kappa shape index (κ2) is 5.35. The summed E-state index contributed by atoms with van der Waals surface area (Å²) < 4.78 is 0. The van der Waals surface area contributed by atoms with Crippen LogP contribution in [0.25, 0.3) is 0 Å². The molecule has 0 unspecified atom stereocenters. The minimum Gasteiger partial charge on any atom is -0.325 e. The molecular weight excluding hydrogens is 313 g/mol. The number of pyridine rings is 1. The van der Waals surface area contributed by atoms with Gasteiger partial charge < -0.3 is 10.6 Å². The van der Waals surface area contributed by atoms with Gasteiger partial charge >= 0.3 is 0 Å². The molecule has 5 nitrogen and oxygen atoms in total. The first-order chi connectivity index (χ1) is 10.0. The molecule has 0 saturated heterocycles. The average Bonchev–Trinajstić information content (AvgIpc) is 2.78. The lowest BCUT2D eigenvalue weighted by atomic mass is 10.1. The smallest absolute Gasteiger partial charge is 0.274 e. The van der Waals surface area contributed by atoms with E-state index in [0.717, 1.165) is 5.56 Å². The van der Waals surface area contributed by atoms with Gasteiger partial charge in [0.15, 0.2) is 0 Å². The van der Waals surface area contributed by atoms with Gasteiger partial charge in [-0.05, 0) is 29.8 Å². The summed E-state index contributed by atoms with van der Waals surface area (Å²) in [5.41, 5.74) is 2.08. The van der Waals surface area contributed by atoms with Crippen molar-refractivity contribution in [2.45, 2.75) is 6.42 Å². The highest BCUT2D eigenvalue weighted by atomic mass is 35.5. The Bertz CT molecular complexity index is 762. The molecule has 0 spiro atoms. The summed E-state index contributed by atoms with van der Waals surface area (Å²) in [6.45, 7) is 0. The van der Waals surface area contributed by atoms with Gasteiger partial charge in [0, 0.05) is 16.9 Å². The molecule has 0 saturated carbocycles. The van der Waals surface area contributed by atoms with E-state index in [2.05, 4.69) is 15.6 Å². The van der Waals surface area contributed by atoms with Crippen LogP contribution >= 0.6 is 23.2 Å². The standard InChI is InChI=1S/C14H9Cl2N3O2/c15-8-1-2-17-12(5-8)14(21)19-11-3-7-4-13(20)18-10(7)6-9(11)16/h1-3,5-6H,4H2,(H,18,20)(H,19,21).